The maximum atomic E-state index is 14.1. The smallest absolute Gasteiger partial charge is 0.227 e. The van der Waals surface area contributed by atoms with E-state index in [1.165, 1.54) is 12.1 Å². The molecule has 1 aromatic carbocycles. The molecule has 0 unspecified atom stereocenters. The van der Waals surface area contributed by atoms with Gasteiger partial charge in [0.1, 0.15) is 11.6 Å². The zero-order valence-electron chi connectivity index (χ0n) is 14.4. The highest BCUT2D eigenvalue weighted by molar-refractivity contribution is 5.84. The van der Waals surface area contributed by atoms with Crippen LogP contribution in [0.2, 0.25) is 0 Å². The average molecular weight is 344 g/mol. The summed E-state index contributed by atoms with van der Waals surface area (Å²) >= 11 is 0. The molecule has 1 amide bonds. The van der Waals surface area contributed by atoms with Crippen LogP contribution in [0.5, 0.6) is 0 Å². The quantitative estimate of drug-likeness (QED) is 0.862. The van der Waals surface area contributed by atoms with Gasteiger partial charge in [-0.2, -0.15) is 0 Å². The number of aromatic nitrogens is 1. The van der Waals surface area contributed by atoms with Crippen molar-refractivity contribution in [3.8, 4) is 0 Å². The lowest BCUT2D eigenvalue weighted by molar-refractivity contribution is -0.123. The van der Waals surface area contributed by atoms with E-state index < -0.39 is 17.0 Å². The number of nitrogens with one attached hydrogen (secondary N) is 1. The van der Waals surface area contributed by atoms with E-state index in [9.17, 15) is 13.6 Å². The Morgan fingerprint density at radius 3 is 2.44 bits per heavy atom. The van der Waals surface area contributed by atoms with Gasteiger partial charge in [0.2, 0.25) is 5.91 Å². The van der Waals surface area contributed by atoms with E-state index in [1.807, 2.05) is 26.0 Å². The van der Waals surface area contributed by atoms with Gasteiger partial charge in [-0.15, -0.1) is 0 Å². The molecule has 0 aliphatic heterocycles. The Kier molecular flexibility index (Phi) is 4.84. The fourth-order valence-corrected chi connectivity index (χ4v) is 3.39. The molecule has 1 aliphatic carbocycles. The Hall–Kier alpha value is -2.30. The van der Waals surface area contributed by atoms with E-state index in [-0.39, 0.29) is 17.7 Å². The van der Waals surface area contributed by atoms with Crippen LogP contribution in [0.3, 0.4) is 0 Å². The molecular weight excluding hydrogens is 322 g/mol. The molecule has 5 heteroatoms. The zero-order chi connectivity index (χ0) is 18.0. The Bertz CT molecular complexity index is 758. The molecule has 132 valence electrons. The van der Waals surface area contributed by atoms with Gasteiger partial charge < -0.3 is 5.32 Å². The summed E-state index contributed by atoms with van der Waals surface area (Å²) < 4.78 is 27.2. The van der Waals surface area contributed by atoms with E-state index in [0.29, 0.717) is 12.1 Å². The van der Waals surface area contributed by atoms with Gasteiger partial charge in [0.05, 0.1) is 5.92 Å². The molecule has 1 aromatic heterocycles. The second-order valence-electron chi connectivity index (χ2n) is 7.12. The SMILES string of the molecule is CC(C)[C@@H](C(=O)NCC1(c2ccc(F)cc2F)CC1)c1ccncc1. The first kappa shape index (κ1) is 17.5. The summed E-state index contributed by atoms with van der Waals surface area (Å²) in [5.41, 5.74) is 0.993. The topological polar surface area (TPSA) is 42.0 Å². The minimum Gasteiger partial charge on any atom is -0.355 e. The van der Waals surface area contributed by atoms with Gasteiger partial charge in [-0.3, -0.25) is 9.78 Å². The number of benzene rings is 1. The van der Waals surface area contributed by atoms with Gasteiger partial charge in [-0.05, 0) is 48.1 Å². The van der Waals surface area contributed by atoms with Crippen molar-refractivity contribution in [3.05, 3.63) is 65.5 Å². The predicted molar refractivity (Wildman–Crippen MR) is 92.1 cm³/mol. The standard InChI is InChI=1S/C20H22F2N2O/c1-13(2)18(14-5-9-23-10-6-14)19(25)24-12-20(7-8-20)16-4-3-15(21)11-17(16)22/h3-6,9-11,13,18H,7-8,12H2,1-2H3,(H,24,25)/t18-/m1/s1. The van der Waals surface area contributed by atoms with Crippen molar-refractivity contribution in [1.82, 2.24) is 10.3 Å². The molecule has 1 N–H and O–H groups in total. The van der Waals surface area contributed by atoms with Crippen LogP contribution in [0.15, 0.2) is 42.7 Å². The van der Waals surface area contributed by atoms with Crippen molar-refractivity contribution in [2.75, 3.05) is 6.54 Å². The molecule has 2 aromatic rings. The van der Waals surface area contributed by atoms with Gasteiger partial charge in [0.15, 0.2) is 0 Å². The van der Waals surface area contributed by atoms with Crippen LogP contribution in [-0.4, -0.2) is 17.4 Å². The molecule has 1 saturated carbocycles. The van der Waals surface area contributed by atoms with Crippen molar-refractivity contribution in [2.45, 2.75) is 38.0 Å². The van der Waals surface area contributed by atoms with Gasteiger partial charge in [-0.25, -0.2) is 8.78 Å². The molecule has 3 rings (SSSR count). The van der Waals surface area contributed by atoms with Crippen molar-refractivity contribution >= 4 is 5.91 Å². The van der Waals surface area contributed by atoms with Crippen LogP contribution < -0.4 is 5.32 Å². The highest BCUT2D eigenvalue weighted by Gasteiger charge is 2.46. The van der Waals surface area contributed by atoms with E-state index in [1.54, 1.807) is 12.4 Å². The van der Waals surface area contributed by atoms with Crippen LogP contribution in [0.4, 0.5) is 8.78 Å². The third-order valence-electron chi connectivity index (χ3n) is 4.97. The summed E-state index contributed by atoms with van der Waals surface area (Å²) in [5.74, 6) is -1.35. The fraction of sp³-hybridized carbons (Fsp3) is 0.400. The molecule has 3 nitrogen and oxygen atoms in total. The second kappa shape index (κ2) is 6.90. The summed E-state index contributed by atoms with van der Waals surface area (Å²) in [6, 6.07) is 7.36. The van der Waals surface area contributed by atoms with Crippen molar-refractivity contribution < 1.29 is 13.6 Å². The summed E-state index contributed by atoms with van der Waals surface area (Å²) in [5, 5.41) is 2.99. The minimum absolute atomic E-state index is 0.0741. The lowest BCUT2D eigenvalue weighted by atomic mass is 9.87. The molecule has 25 heavy (non-hydrogen) atoms. The van der Waals surface area contributed by atoms with Gasteiger partial charge in [0, 0.05) is 30.4 Å². The van der Waals surface area contributed by atoms with E-state index in [2.05, 4.69) is 10.3 Å². The lowest BCUT2D eigenvalue weighted by Gasteiger charge is -2.23. The third-order valence-corrected chi connectivity index (χ3v) is 4.97. The van der Waals surface area contributed by atoms with Crippen LogP contribution in [0.1, 0.15) is 43.7 Å². The van der Waals surface area contributed by atoms with Gasteiger partial charge >= 0.3 is 0 Å². The Morgan fingerprint density at radius 2 is 1.88 bits per heavy atom. The molecule has 1 aliphatic rings. The summed E-state index contributed by atoms with van der Waals surface area (Å²) in [7, 11) is 0. The Balaban J connectivity index is 1.73. The van der Waals surface area contributed by atoms with Crippen molar-refractivity contribution in [2.24, 2.45) is 5.92 Å². The largest absolute Gasteiger partial charge is 0.355 e. The first-order chi connectivity index (χ1) is 11.9. The Morgan fingerprint density at radius 1 is 1.20 bits per heavy atom. The number of halogens is 2. The van der Waals surface area contributed by atoms with Crippen LogP contribution in [0, 0.1) is 17.6 Å². The third kappa shape index (κ3) is 3.70. The van der Waals surface area contributed by atoms with Crippen LogP contribution >= 0.6 is 0 Å². The number of pyridine rings is 1. The number of rotatable bonds is 6. The molecule has 1 atom stereocenters. The maximum absolute atomic E-state index is 14.1. The van der Waals surface area contributed by atoms with Gasteiger partial charge in [-0.1, -0.05) is 19.9 Å². The summed E-state index contributed by atoms with van der Waals surface area (Å²) in [6.07, 6.45) is 4.93. The molecule has 1 heterocycles. The highest BCUT2D eigenvalue weighted by Crippen LogP contribution is 2.48. The molecule has 1 fully saturated rings. The first-order valence-corrected chi connectivity index (χ1v) is 8.56. The number of nitrogens with zero attached hydrogens (tertiary/aromatic N) is 1. The monoisotopic (exact) mass is 344 g/mol. The molecule has 0 spiro atoms. The molecule has 0 radical (unpaired) electrons. The van der Waals surface area contributed by atoms with Crippen molar-refractivity contribution in [1.29, 1.82) is 0 Å². The van der Waals surface area contributed by atoms with E-state index in [4.69, 9.17) is 0 Å². The minimum atomic E-state index is -0.585. The molecule has 0 saturated heterocycles. The maximum Gasteiger partial charge on any atom is 0.227 e. The number of hydrogen-bond donors (Lipinski definition) is 1. The second-order valence-corrected chi connectivity index (χ2v) is 7.12. The number of amides is 1. The molecular formula is C20H22F2N2O. The zero-order valence-corrected chi connectivity index (χ0v) is 14.4. The fourth-order valence-electron chi connectivity index (χ4n) is 3.39. The first-order valence-electron chi connectivity index (χ1n) is 8.56. The molecule has 0 bridgehead atoms. The number of carbonyl (C=O) groups excluding carboxylic acids is 1. The summed E-state index contributed by atoms with van der Waals surface area (Å²) in [4.78, 5) is 16.7. The Labute approximate surface area is 146 Å². The van der Waals surface area contributed by atoms with Crippen molar-refractivity contribution in [3.63, 3.8) is 0 Å². The predicted octanol–water partition coefficient (Wildman–Crippen LogP) is 3.95. The van der Waals surface area contributed by atoms with Crippen LogP contribution in [0.25, 0.3) is 0 Å². The normalized spacial score (nSPS) is 16.5. The highest BCUT2D eigenvalue weighted by atomic mass is 19.1. The lowest BCUT2D eigenvalue weighted by Crippen LogP contribution is -2.37. The van der Waals surface area contributed by atoms with E-state index in [0.717, 1.165) is 24.5 Å². The number of carbonyl (C=O) groups is 1. The number of hydrogen-bond acceptors (Lipinski definition) is 2. The van der Waals surface area contributed by atoms with E-state index >= 15 is 0 Å². The van der Waals surface area contributed by atoms with Crippen LogP contribution in [-0.2, 0) is 10.2 Å². The summed E-state index contributed by atoms with van der Waals surface area (Å²) in [6.45, 7) is 4.36. The van der Waals surface area contributed by atoms with Gasteiger partial charge in [0.25, 0.3) is 0 Å². The average Bonchev–Trinajstić information content (AvgIpc) is 3.34.